The lowest BCUT2D eigenvalue weighted by Gasteiger charge is -2.07. The van der Waals surface area contributed by atoms with E-state index < -0.39 is 5.97 Å². The van der Waals surface area contributed by atoms with Crippen LogP contribution in [0.3, 0.4) is 0 Å². The van der Waals surface area contributed by atoms with Crippen molar-refractivity contribution in [2.75, 3.05) is 18.4 Å². The number of carbonyl (C=O) groups excluding carboxylic acids is 1. The van der Waals surface area contributed by atoms with Gasteiger partial charge in [0.1, 0.15) is 0 Å². The molecule has 1 aromatic rings. The minimum Gasteiger partial charge on any atom is -0.478 e. The summed E-state index contributed by atoms with van der Waals surface area (Å²) in [6, 6.07) is 6.49. The number of amides is 2. The Labute approximate surface area is 104 Å². The summed E-state index contributed by atoms with van der Waals surface area (Å²) in [5.41, 5.74) is 6.52. The lowest BCUT2D eigenvalue weighted by Crippen LogP contribution is -2.32. The van der Waals surface area contributed by atoms with Gasteiger partial charge in [0, 0.05) is 24.9 Å². The Morgan fingerprint density at radius 2 is 2.17 bits per heavy atom. The third-order valence-corrected chi connectivity index (χ3v) is 1.99. The standard InChI is InChI=1S/C12H15N3O3/c13-6-7-14-12(18)15-10-3-1-2-9(8-10)4-5-11(16)17/h1-5,8H,6-7,13H2,(H,16,17)(H2,14,15,18)/b5-4+. The van der Waals surface area contributed by atoms with Crippen molar-refractivity contribution in [1.82, 2.24) is 5.32 Å². The number of hydrogen-bond donors (Lipinski definition) is 4. The molecule has 0 saturated heterocycles. The van der Waals surface area contributed by atoms with E-state index in [9.17, 15) is 9.59 Å². The molecule has 0 aliphatic rings. The molecule has 1 aromatic carbocycles. The van der Waals surface area contributed by atoms with E-state index in [4.69, 9.17) is 10.8 Å². The third-order valence-electron chi connectivity index (χ3n) is 1.99. The summed E-state index contributed by atoms with van der Waals surface area (Å²) in [5.74, 6) is -1.02. The first-order valence-electron chi connectivity index (χ1n) is 5.38. The molecule has 6 nitrogen and oxygen atoms in total. The first-order chi connectivity index (χ1) is 8.61. The lowest BCUT2D eigenvalue weighted by atomic mass is 10.2. The molecule has 0 aliphatic carbocycles. The maximum Gasteiger partial charge on any atom is 0.328 e. The summed E-state index contributed by atoms with van der Waals surface area (Å²) in [4.78, 5) is 21.7. The molecule has 96 valence electrons. The molecule has 2 amide bonds. The number of carbonyl (C=O) groups is 2. The SMILES string of the molecule is NCCNC(=O)Nc1cccc(/C=C/C(=O)O)c1. The molecule has 1 rings (SSSR count). The number of carboxylic acid groups (broad SMARTS) is 1. The molecule has 0 radical (unpaired) electrons. The number of benzene rings is 1. The van der Waals surface area contributed by atoms with E-state index in [2.05, 4.69) is 10.6 Å². The van der Waals surface area contributed by atoms with Crippen LogP contribution in [0.2, 0.25) is 0 Å². The van der Waals surface area contributed by atoms with E-state index >= 15 is 0 Å². The Balaban J connectivity index is 2.64. The van der Waals surface area contributed by atoms with Gasteiger partial charge in [0.2, 0.25) is 0 Å². The van der Waals surface area contributed by atoms with Crippen molar-refractivity contribution in [3.05, 3.63) is 35.9 Å². The number of rotatable bonds is 5. The molecule has 0 unspecified atom stereocenters. The Kier molecular flexibility index (Phi) is 5.40. The van der Waals surface area contributed by atoms with Crippen LogP contribution in [0.25, 0.3) is 6.08 Å². The van der Waals surface area contributed by atoms with Gasteiger partial charge in [-0.2, -0.15) is 0 Å². The van der Waals surface area contributed by atoms with E-state index in [1.165, 1.54) is 6.08 Å². The number of aliphatic carboxylic acids is 1. The van der Waals surface area contributed by atoms with Gasteiger partial charge in [-0.25, -0.2) is 9.59 Å². The van der Waals surface area contributed by atoms with Crippen LogP contribution in [-0.2, 0) is 4.79 Å². The van der Waals surface area contributed by atoms with Crippen LogP contribution in [0.5, 0.6) is 0 Å². The maximum atomic E-state index is 11.4. The molecule has 0 heterocycles. The molecule has 0 saturated carbocycles. The molecule has 0 bridgehead atoms. The van der Waals surface area contributed by atoms with Gasteiger partial charge in [-0.3, -0.25) is 0 Å². The van der Waals surface area contributed by atoms with Crippen molar-refractivity contribution in [2.45, 2.75) is 0 Å². The normalized spacial score (nSPS) is 10.3. The highest BCUT2D eigenvalue weighted by Gasteiger charge is 2.00. The Morgan fingerprint density at radius 3 is 2.83 bits per heavy atom. The molecule has 6 heteroatoms. The molecular formula is C12H15N3O3. The van der Waals surface area contributed by atoms with Crippen LogP contribution in [0.1, 0.15) is 5.56 Å². The Morgan fingerprint density at radius 1 is 1.39 bits per heavy atom. The van der Waals surface area contributed by atoms with Crippen molar-refractivity contribution in [2.24, 2.45) is 5.73 Å². The van der Waals surface area contributed by atoms with Crippen LogP contribution >= 0.6 is 0 Å². The van der Waals surface area contributed by atoms with Gasteiger partial charge in [0.05, 0.1) is 0 Å². The zero-order valence-corrected chi connectivity index (χ0v) is 9.72. The highest BCUT2D eigenvalue weighted by Crippen LogP contribution is 2.11. The molecule has 18 heavy (non-hydrogen) atoms. The first kappa shape index (κ1) is 13.7. The molecule has 0 aromatic heterocycles. The van der Waals surface area contributed by atoms with Crippen molar-refractivity contribution < 1.29 is 14.7 Å². The van der Waals surface area contributed by atoms with Crippen LogP contribution in [0.15, 0.2) is 30.3 Å². The largest absolute Gasteiger partial charge is 0.478 e. The van der Waals surface area contributed by atoms with Gasteiger partial charge < -0.3 is 21.5 Å². The van der Waals surface area contributed by atoms with Crippen molar-refractivity contribution >= 4 is 23.8 Å². The van der Waals surface area contributed by atoms with Gasteiger partial charge >= 0.3 is 12.0 Å². The van der Waals surface area contributed by atoms with E-state index in [0.717, 1.165) is 6.08 Å². The maximum absolute atomic E-state index is 11.4. The second kappa shape index (κ2) is 7.08. The van der Waals surface area contributed by atoms with Gasteiger partial charge in [-0.15, -0.1) is 0 Å². The highest BCUT2D eigenvalue weighted by atomic mass is 16.4. The fraction of sp³-hybridized carbons (Fsp3) is 0.167. The van der Waals surface area contributed by atoms with E-state index in [-0.39, 0.29) is 6.03 Å². The summed E-state index contributed by atoms with van der Waals surface area (Å²) in [6.45, 7) is 0.763. The average molecular weight is 249 g/mol. The molecule has 0 spiro atoms. The van der Waals surface area contributed by atoms with E-state index in [1.807, 2.05) is 0 Å². The zero-order valence-electron chi connectivity index (χ0n) is 9.72. The number of nitrogens with two attached hydrogens (primary N) is 1. The van der Waals surface area contributed by atoms with Gasteiger partial charge in [-0.05, 0) is 23.8 Å². The second-order valence-electron chi connectivity index (χ2n) is 3.47. The topological polar surface area (TPSA) is 104 Å². The lowest BCUT2D eigenvalue weighted by molar-refractivity contribution is -0.131. The number of carboxylic acids is 1. The second-order valence-corrected chi connectivity index (χ2v) is 3.47. The quantitative estimate of drug-likeness (QED) is 0.581. The Hall–Kier alpha value is -2.34. The predicted octanol–water partition coefficient (Wildman–Crippen LogP) is 0.865. The van der Waals surface area contributed by atoms with Crippen LogP contribution < -0.4 is 16.4 Å². The minimum absolute atomic E-state index is 0.347. The summed E-state index contributed by atoms with van der Waals surface area (Å²) < 4.78 is 0. The van der Waals surface area contributed by atoms with Gasteiger partial charge in [0.15, 0.2) is 0 Å². The van der Waals surface area contributed by atoms with Crippen LogP contribution in [0.4, 0.5) is 10.5 Å². The molecule has 5 N–H and O–H groups in total. The fourth-order valence-electron chi connectivity index (χ4n) is 1.25. The van der Waals surface area contributed by atoms with Gasteiger partial charge in [-0.1, -0.05) is 12.1 Å². The fourth-order valence-corrected chi connectivity index (χ4v) is 1.25. The first-order valence-corrected chi connectivity index (χ1v) is 5.38. The zero-order chi connectivity index (χ0) is 13.4. The summed E-state index contributed by atoms with van der Waals surface area (Å²) in [6.07, 6.45) is 2.49. The van der Waals surface area contributed by atoms with Crippen LogP contribution in [-0.4, -0.2) is 30.2 Å². The third kappa shape index (κ3) is 5.13. The number of urea groups is 1. The van der Waals surface area contributed by atoms with Crippen molar-refractivity contribution in [3.63, 3.8) is 0 Å². The molecular weight excluding hydrogens is 234 g/mol. The van der Waals surface area contributed by atoms with E-state index in [1.54, 1.807) is 24.3 Å². The van der Waals surface area contributed by atoms with Crippen molar-refractivity contribution in [3.8, 4) is 0 Å². The summed E-state index contributed by atoms with van der Waals surface area (Å²) >= 11 is 0. The Bertz CT molecular complexity index is 458. The van der Waals surface area contributed by atoms with Crippen molar-refractivity contribution in [1.29, 1.82) is 0 Å². The van der Waals surface area contributed by atoms with Gasteiger partial charge in [0.25, 0.3) is 0 Å². The highest BCUT2D eigenvalue weighted by molar-refractivity contribution is 5.90. The molecule has 0 aliphatic heterocycles. The molecule has 0 fully saturated rings. The van der Waals surface area contributed by atoms with E-state index in [0.29, 0.717) is 24.3 Å². The summed E-state index contributed by atoms with van der Waals surface area (Å²) in [7, 11) is 0. The predicted molar refractivity (Wildman–Crippen MR) is 69.2 cm³/mol. The minimum atomic E-state index is -1.02. The summed E-state index contributed by atoms with van der Waals surface area (Å²) in [5, 5.41) is 13.7. The number of anilines is 1. The smallest absolute Gasteiger partial charge is 0.328 e. The number of hydrogen-bond acceptors (Lipinski definition) is 3. The number of nitrogens with one attached hydrogen (secondary N) is 2. The van der Waals surface area contributed by atoms with Crippen LogP contribution in [0, 0.1) is 0 Å². The monoisotopic (exact) mass is 249 g/mol. The molecule has 0 atom stereocenters. The average Bonchev–Trinajstić information content (AvgIpc) is 2.34.